The summed E-state index contributed by atoms with van der Waals surface area (Å²) in [7, 11) is -0.0280. The molecule has 1 amide bonds. The quantitative estimate of drug-likeness (QED) is 0.707. The molecule has 0 N–H and O–H groups in total. The Labute approximate surface area is 117 Å². The largest absolute Gasteiger partial charge is 0.469 e. The van der Waals surface area contributed by atoms with Crippen molar-refractivity contribution in [1.82, 2.24) is 4.90 Å². The van der Waals surface area contributed by atoms with Crippen molar-refractivity contribution in [3.8, 4) is 0 Å². The number of carbonyl (C=O) groups excluding carboxylic acids is 2. The highest BCUT2D eigenvalue weighted by Crippen LogP contribution is 2.14. The van der Waals surface area contributed by atoms with Crippen LogP contribution in [0.1, 0.15) is 33.1 Å². The first-order chi connectivity index (χ1) is 8.97. The molecule has 0 bridgehead atoms. The van der Waals surface area contributed by atoms with Gasteiger partial charge >= 0.3 is 5.97 Å². The molecule has 1 saturated heterocycles. The Bertz CT molecular complexity index is 353. The minimum atomic E-state index is -1.34. The smallest absolute Gasteiger partial charge is 0.309 e. The van der Waals surface area contributed by atoms with Crippen molar-refractivity contribution in [2.75, 3.05) is 26.0 Å². The summed E-state index contributed by atoms with van der Waals surface area (Å²) in [5.41, 5.74) is 0. The first-order valence-corrected chi connectivity index (χ1v) is 8.08. The van der Waals surface area contributed by atoms with E-state index in [0.717, 1.165) is 32.4 Å². The third-order valence-corrected chi connectivity index (χ3v) is 5.44. The maximum absolute atomic E-state index is 12.1. The standard InChI is InChI=1S/C13H23NO4S/c1-10(13(16)18-3)11(2)19(17)9-12(15)14-7-5-4-6-8-14/h10-11H,4-9H2,1-3H3. The molecule has 1 rings (SSSR count). The summed E-state index contributed by atoms with van der Waals surface area (Å²) in [4.78, 5) is 25.2. The molecule has 0 aliphatic carbocycles. The van der Waals surface area contributed by atoms with Gasteiger partial charge in [-0.1, -0.05) is 6.92 Å². The summed E-state index contributed by atoms with van der Waals surface area (Å²) in [6, 6.07) is 0. The van der Waals surface area contributed by atoms with Gasteiger partial charge in [0.05, 0.1) is 13.0 Å². The number of methoxy groups -OCH3 is 1. The van der Waals surface area contributed by atoms with Crippen LogP contribution in [0.3, 0.4) is 0 Å². The van der Waals surface area contributed by atoms with E-state index in [4.69, 9.17) is 0 Å². The molecule has 3 unspecified atom stereocenters. The van der Waals surface area contributed by atoms with Gasteiger partial charge in [0.1, 0.15) is 5.75 Å². The van der Waals surface area contributed by atoms with Gasteiger partial charge < -0.3 is 9.64 Å². The Balaban J connectivity index is 2.49. The fraction of sp³-hybridized carbons (Fsp3) is 0.846. The molecule has 0 aromatic heterocycles. The molecular formula is C13H23NO4S. The summed E-state index contributed by atoms with van der Waals surface area (Å²) >= 11 is 0. The molecule has 3 atom stereocenters. The predicted molar refractivity (Wildman–Crippen MR) is 74.1 cm³/mol. The van der Waals surface area contributed by atoms with Gasteiger partial charge in [0.15, 0.2) is 0 Å². The summed E-state index contributed by atoms with van der Waals surface area (Å²) in [6.07, 6.45) is 3.20. The number of likely N-dealkylation sites (tertiary alicyclic amines) is 1. The second-order valence-electron chi connectivity index (χ2n) is 4.98. The van der Waals surface area contributed by atoms with Gasteiger partial charge in [0.25, 0.3) is 0 Å². The minimum Gasteiger partial charge on any atom is -0.469 e. The van der Waals surface area contributed by atoms with Gasteiger partial charge in [-0.15, -0.1) is 0 Å². The van der Waals surface area contributed by atoms with Crippen molar-refractivity contribution in [3.63, 3.8) is 0 Å². The molecule has 19 heavy (non-hydrogen) atoms. The average Bonchev–Trinajstić information content (AvgIpc) is 2.45. The van der Waals surface area contributed by atoms with Crippen LogP contribution in [-0.4, -0.2) is 52.2 Å². The Kier molecular flexibility index (Phi) is 6.48. The van der Waals surface area contributed by atoms with Gasteiger partial charge in [0.2, 0.25) is 5.91 Å². The number of nitrogens with zero attached hydrogens (tertiary/aromatic N) is 1. The number of rotatable bonds is 5. The highest BCUT2D eigenvalue weighted by molar-refractivity contribution is 7.86. The van der Waals surface area contributed by atoms with E-state index in [2.05, 4.69) is 4.74 Å². The molecule has 1 heterocycles. The van der Waals surface area contributed by atoms with E-state index in [1.54, 1.807) is 18.7 Å². The lowest BCUT2D eigenvalue weighted by molar-refractivity contribution is -0.144. The molecule has 1 aliphatic heterocycles. The van der Waals surface area contributed by atoms with E-state index in [1.165, 1.54) is 7.11 Å². The number of carbonyl (C=O) groups is 2. The molecule has 6 heteroatoms. The van der Waals surface area contributed by atoms with Gasteiger partial charge in [-0.25, -0.2) is 0 Å². The third kappa shape index (κ3) is 4.60. The van der Waals surface area contributed by atoms with E-state index < -0.39 is 16.7 Å². The third-order valence-electron chi connectivity index (χ3n) is 3.67. The van der Waals surface area contributed by atoms with Crippen molar-refractivity contribution >= 4 is 22.7 Å². The summed E-state index contributed by atoms with van der Waals surface area (Å²) in [5.74, 6) is -0.907. The van der Waals surface area contributed by atoms with Crippen LogP contribution in [0.5, 0.6) is 0 Å². The van der Waals surface area contributed by atoms with Crippen LogP contribution in [0.4, 0.5) is 0 Å². The zero-order valence-corrected chi connectivity index (χ0v) is 12.7. The highest BCUT2D eigenvalue weighted by atomic mass is 32.2. The van der Waals surface area contributed by atoms with E-state index in [0.29, 0.717) is 0 Å². The molecule has 110 valence electrons. The second-order valence-corrected chi connectivity index (χ2v) is 6.78. The number of hydrogen-bond donors (Lipinski definition) is 0. The second kappa shape index (κ2) is 7.62. The Morgan fingerprint density at radius 3 is 2.32 bits per heavy atom. The van der Waals surface area contributed by atoms with E-state index in [-0.39, 0.29) is 22.9 Å². The van der Waals surface area contributed by atoms with Crippen LogP contribution < -0.4 is 0 Å². The summed E-state index contributed by atoms with van der Waals surface area (Å²) < 4.78 is 16.7. The van der Waals surface area contributed by atoms with Crippen molar-refractivity contribution in [3.05, 3.63) is 0 Å². The minimum absolute atomic E-state index is 0.00248. The lowest BCUT2D eigenvalue weighted by Crippen LogP contribution is -2.40. The normalized spacial score (nSPS) is 20.5. The molecule has 5 nitrogen and oxygen atoms in total. The fourth-order valence-corrected chi connectivity index (χ4v) is 3.35. The first-order valence-electron chi connectivity index (χ1n) is 6.70. The van der Waals surface area contributed by atoms with E-state index in [9.17, 15) is 13.8 Å². The topological polar surface area (TPSA) is 63.7 Å². The number of amides is 1. The van der Waals surface area contributed by atoms with Crippen LogP contribution >= 0.6 is 0 Å². The van der Waals surface area contributed by atoms with Crippen LogP contribution in [-0.2, 0) is 25.1 Å². The molecule has 1 fully saturated rings. The van der Waals surface area contributed by atoms with Gasteiger partial charge in [-0.05, 0) is 26.2 Å². The van der Waals surface area contributed by atoms with Gasteiger partial charge in [-0.2, -0.15) is 0 Å². The first kappa shape index (κ1) is 16.1. The van der Waals surface area contributed by atoms with Crippen molar-refractivity contribution in [1.29, 1.82) is 0 Å². The molecule has 0 spiro atoms. The summed E-state index contributed by atoms with van der Waals surface area (Å²) in [6.45, 7) is 4.93. The molecule has 0 radical (unpaired) electrons. The van der Waals surface area contributed by atoms with Gasteiger partial charge in [0, 0.05) is 29.1 Å². The predicted octanol–water partition coefficient (Wildman–Crippen LogP) is 0.945. The van der Waals surface area contributed by atoms with Crippen molar-refractivity contribution < 1.29 is 18.5 Å². The SMILES string of the molecule is COC(=O)C(C)C(C)S(=O)CC(=O)N1CCCCC1. The molecule has 0 aromatic carbocycles. The molecule has 0 saturated carbocycles. The van der Waals surface area contributed by atoms with Crippen LogP contribution in [0.2, 0.25) is 0 Å². The van der Waals surface area contributed by atoms with Crippen LogP contribution in [0.25, 0.3) is 0 Å². The summed E-state index contributed by atoms with van der Waals surface area (Å²) in [5, 5.41) is -0.374. The molecule has 1 aliphatic rings. The van der Waals surface area contributed by atoms with Crippen molar-refractivity contribution in [2.24, 2.45) is 5.92 Å². The maximum Gasteiger partial charge on any atom is 0.309 e. The number of esters is 1. The molecular weight excluding hydrogens is 266 g/mol. The zero-order chi connectivity index (χ0) is 14.4. The zero-order valence-electron chi connectivity index (χ0n) is 11.9. The number of piperidine rings is 1. The van der Waals surface area contributed by atoms with E-state index in [1.807, 2.05) is 0 Å². The Morgan fingerprint density at radius 1 is 1.21 bits per heavy atom. The average molecular weight is 289 g/mol. The van der Waals surface area contributed by atoms with Crippen molar-refractivity contribution in [2.45, 2.75) is 38.4 Å². The highest BCUT2D eigenvalue weighted by Gasteiger charge is 2.28. The maximum atomic E-state index is 12.1. The fourth-order valence-electron chi connectivity index (χ4n) is 2.09. The lowest BCUT2D eigenvalue weighted by atomic mass is 10.1. The van der Waals surface area contributed by atoms with Crippen LogP contribution in [0.15, 0.2) is 0 Å². The monoisotopic (exact) mass is 289 g/mol. The number of hydrogen-bond acceptors (Lipinski definition) is 4. The Hall–Kier alpha value is -0.910. The lowest BCUT2D eigenvalue weighted by Gasteiger charge is -2.27. The van der Waals surface area contributed by atoms with Gasteiger partial charge in [-0.3, -0.25) is 13.8 Å². The molecule has 0 aromatic rings. The van der Waals surface area contributed by atoms with Crippen LogP contribution in [0, 0.1) is 5.92 Å². The van der Waals surface area contributed by atoms with E-state index >= 15 is 0 Å². The number of ether oxygens (including phenoxy) is 1. The Morgan fingerprint density at radius 2 is 1.79 bits per heavy atom.